The van der Waals surface area contributed by atoms with E-state index < -0.39 is 5.97 Å². The van der Waals surface area contributed by atoms with Gasteiger partial charge in [-0.3, -0.25) is 0 Å². The lowest BCUT2D eigenvalue weighted by molar-refractivity contribution is 0.0680. The molecular weight excluding hydrogens is 272 g/mol. The minimum atomic E-state index is -1.20. The molecule has 0 saturated carbocycles. The van der Waals surface area contributed by atoms with Crippen LogP contribution in [-0.2, 0) is 0 Å². The highest BCUT2D eigenvalue weighted by Gasteiger charge is 2.14. The third kappa shape index (κ3) is 1.68. The minimum absolute atomic E-state index is 0.212. The van der Waals surface area contributed by atoms with Gasteiger partial charge in [0.15, 0.2) is 0 Å². The van der Waals surface area contributed by atoms with Crippen LogP contribution in [0.2, 0.25) is 0 Å². The molecule has 2 aromatic rings. The molecule has 5 nitrogen and oxygen atoms in total. The van der Waals surface area contributed by atoms with Crippen molar-refractivity contribution < 1.29 is 14.4 Å². The lowest BCUT2D eigenvalue weighted by Gasteiger charge is -1.82. The minimum Gasteiger partial charge on any atom is -0.475 e. The summed E-state index contributed by atoms with van der Waals surface area (Å²) in [6.07, 6.45) is 0. The number of carbonyl (C=O) groups is 1. The summed E-state index contributed by atoms with van der Waals surface area (Å²) in [7, 11) is 0. The van der Waals surface area contributed by atoms with Gasteiger partial charge in [-0.05, 0) is 27.2 Å². The molecule has 2 heterocycles. The Hall–Kier alpha value is -1.21. The van der Waals surface area contributed by atoms with E-state index in [2.05, 4.69) is 26.1 Å². The molecule has 0 atom stereocenters. The summed E-state index contributed by atoms with van der Waals surface area (Å²) in [5.41, 5.74) is 0.710. The van der Waals surface area contributed by atoms with Gasteiger partial charge in [0.05, 0.1) is 9.35 Å². The van der Waals surface area contributed by atoms with E-state index in [1.165, 1.54) is 11.3 Å². The smallest absolute Gasteiger partial charge is 0.377 e. The summed E-state index contributed by atoms with van der Waals surface area (Å²) in [5, 5.41) is 13.7. The standard InChI is InChI=1S/C7H3BrN2O3S/c8-4-1-3(2-14-4)6-9-5(7(11)12)10-13-6/h1-2H,(H,11,12). The van der Waals surface area contributed by atoms with Crippen LogP contribution in [0.25, 0.3) is 11.5 Å². The first kappa shape index (κ1) is 9.35. The zero-order chi connectivity index (χ0) is 10.1. The molecule has 0 aliphatic rings. The molecule has 0 aromatic carbocycles. The fourth-order valence-electron chi connectivity index (χ4n) is 0.850. The molecule has 7 heteroatoms. The number of hydrogen-bond acceptors (Lipinski definition) is 5. The average Bonchev–Trinajstić information content (AvgIpc) is 2.70. The molecule has 0 aliphatic heterocycles. The maximum atomic E-state index is 10.5. The predicted molar refractivity (Wildman–Crippen MR) is 52.3 cm³/mol. The van der Waals surface area contributed by atoms with Crippen molar-refractivity contribution in [2.24, 2.45) is 0 Å². The Morgan fingerprint density at radius 2 is 2.43 bits per heavy atom. The van der Waals surface area contributed by atoms with Crippen LogP contribution in [0.15, 0.2) is 19.8 Å². The van der Waals surface area contributed by atoms with Crippen molar-refractivity contribution in [3.8, 4) is 11.5 Å². The van der Waals surface area contributed by atoms with Crippen LogP contribution < -0.4 is 0 Å². The molecule has 0 fully saturated rings. The highest BCUT2D eigenvalue weighted by atomic mass is 79.9. The first-order valence-electron chi connectivity index (χ1n) is 3.48. The fraction of sp³-hybridized carbons (Fsp3) is 0. The number of carboxylic acid groups (broad SMARTS) is 1. The molecule has 0 amide bonds. The molecule has 0 bridgehead atoms. The Labute approximate surface area is 90.5 Å². The number of carboxylic acids is 1. The van der Waals surface area contributed by atoms with Crippen molar-refractivity contribution in [1.29, 1.82) is 0 Å². The van der Waals surface area contributed by atoms with E-state index >= 15 is 0 Å². The Morgan fingerprint density at radius 3 is 2.93 bits per heavy atom. The number of hydrogen-bond donors (Lipinski definition) is 1. The summed E-state index contributed by atoms with van der Waals surface area (Å²) in [6, 6.07) is 1.78. The summed E-state index contributed by atoms with van der Waals surface area (Å²) in [5.74, 6) is -1.32. The second kappa shape index (κ2) is 3.50. The van der Waals surface area contributed by atoms with E-state index in [1.54, 1.807) is 11.4 Å². The van der Waals surface area contributed by atoms with Crippen LogP contribution in [-0.4, -0.2) is 21.2 Å². The zero-order valence-electron chi connectivity index (χ0n) is 6.60. The second-order valence-corrected chi connectivity index (χ2v) is 4.66. The summed E-state index contributed by atoms with van der Waals surface area (Å²) >= 11 is 4.74. The quantitative estimate of drug-likeness (QED) is 0.909. The summed E-state index contributed by atoms with van der Waals surface area (Å²) in [6.45, 7) is 0. The number of thiophene rings is 1. The van der Waals surface area contributed by atoms with Crippen LogP contribution in [0, 0.1) is 0 Å². The number of aromatic carboxylic acids is 1. The van der Waals surface area contributed by atoms with Crippen molar-refractivity contribution >= 4 is 33.2 Å². The highest BCUT2D eigenvalue weighted by molar-refractivity contribution is 9.11. The number of aromatic nitrogens is 2. The van der Waals surface area contributed by atoms with Gasteiger partial charge >= 0.3 is 5.97 Å². The molecule has 0 aliphatic carbocycles. The van der Waals surface area contributed by atoms with Crippen molar-refractivity contribution in [3.05, 3.63) is 21.1 Å². The Bertz CT molecular complexity index is 479. The largest absolute Gasteiger partial charge is 0.475 e. The lowest BCUT2D eigenvalue weighted by Crippen LogP contribution is -1.98. The van der Waals surface area contributed by atoms with Crippen LogP contribution in [0.3, 0.4) is 0 Å². The summed E-state index contributed by atoms with van der Waals surface area (Å²) < 4.78 is 5.69. The Kier molecular flexibility index (Phi) is 2.34. The maximum absolute atomic E-state index is 10.5. The monoisotopic (exact) mass is 274 g/mol. The molecule has 0 unspecified atom stereocenters. The fourth-order valence-corrected chi connectivity index (χ4v) is 1.98. The molecule has 14 heavy (non-hydrogen) atoms. The van der Waals surface area contributed by atoms with E-state index in [4.69, 9.17) is 9.63 Å². The van der Waals surface area contributed by atoms with E-state index in [0.717, 1.165) is 3.79 Å². The number of rotatable bonds is 2. The van der Waals surface area contributed by atoms with E-state index in [-0.39, 0.29) is 11.7 Å². The third-order valence-corrected chi connectivity index (χ3v) is 2.94. The lowest BCUT2D eigenvalue weighted by atomic mass is 10.3. The average molecular weight is 275 g/mol. The molecule has 2 rings (SSSR count). The van der Waals surface area contributed by atoms with Crippen molar-refractivity contribution in [1.82, 2.24) is 10.1 Å². The molecule has 2 aromatic heterocycles. The van der Waals surface area contributed by atoms with E-state index in [1.807, 2.05) is 0 Å². The van der Waals surface area contributed by atoms with Gasteiger partial charge in [-0.2, -0.15) is 4.98 Å². The van der Waals surface area contributed by atoms with Crippen LogP contribution in [0.5, 0.6) is 0 Å². The van der Waals surface area contributed by atoms with Gasteiger partial charge in [-0.25, -0.2) is 4.79 Å². The van der Waals surface area contributed by atoms with Crippen molar-refractivity contribution in [2.45, 2.75) is 0 Å². The molecule has 0 spiro atoms. The van der Waals surface area contributed by atoms with Gasteiger partial charge in [0.2, 0.25) is 0 Å². The van der Waals surface area contributed by atoms with Crippen molar-refractivity contribution in [3.63, 3.8) is 0 Å². The van der Waals surface area contributed by atoms with E-state index in [0.29, 0.717) is 5.56 Å². The first-order chi connectivity index (χ1) is 6.66. The Morgan fingerprint density at radius 1 is 1.64 bits per heavy atom. The summed E-state index contributed by atoms with van der Waals surface area (Å²) in [4.78, 5) is 14.2. The number of halogens is 1. The van der Waals surface area contributed by atoms with Gasteiger partial charge in [0, 0.05) is 5.38 Å². The van der Waals surface area contributed by atoms with E-state index in [9.17, 15) is 4.79 Å². The SMILES string of the molecule is O=C(O)c1noc(-c2csc(Br)c2)n1. The number of nitrogens with zero attached hydrogens (tertiary/aromatic N) is 2. The van der Waals surface area contributed by atoms with Crippen LogP contribution in [0.4, 0.5) is 0 Å². The van der Waals surface area contributed by atoms with Gasteiger partial charge in [0.25, 0.3) is 11.7 Å². The Balaban J connectivity index is 2.38. The molecule has 0 radical (unpaired) electrons. The molecule has 72 valence electrons. The normalized spacial score (nSPS) is 10.4. The predicted octanol–water partition coefficient (Wildman–Crippen LogP) is 2.26. The van der Waals surface area contributed by atoms with Crippen LogP contribution in [0.1, 0.15) is 10.6 Å². The van der Waals surface area contributed by atoms with Gasteiger partial charge < -0.3 is 9.63 Å². The molecule has 0 saturated heterocycles. The third-order valence-electron chi connectivity index (χ3n) is 1.43. The van der Waals surface area contributed by atoms with Gasteiger partial charge in [-0.1, -0.05) is 0 Å². The van der Waals surface area contributed by atoms with Gasteiger partial charge in [-0.15, -0.1) is 11.3 Å². The first-order valence-corrected chi connectivity index (χ1v) is 5.15. The second-order valence-electron chi connectivity index (χ2n) is 2.37. The zero-order valence-corrected chi connectivity index (χ0v) is 9.00. The molecular formula is C7H3BrN2O3S. The van der Waals surface area contributed by atoms with Gasteiger partial charge in [0.1, 0.15) is 0 Å². The highest BCUT2D eigenvalue weighted by Crippen LogP contribution is 2.27. The van der Waals surface area contributed by atoms with Crippen LogP contribution >= 0.6 is 27.3 Å². The maximum Gasteiger partial charge on any atom is 0.377 e. The van der Waals surface area contributed by atoms with Crippen molar-refractivity contribution in [2.75, 3.05) is 0 Å². The topological polar surface area (TPSA) is 76.2 Å². The molecule has 1 N–H and O–H groups in total.